The number of benzene rings is 1. The molecular weight excluding hydrogens is 261 g/mol. The maximum absolute atomic E-state index is 13.1. The Hall–Kier alpha value is -2.17. The molecule has 0 atom stereocenters. The molecule has 0 aliphatic carbocycles. The van der Waals surface area contributed by atoms with E-state index in [1.807, 2.05) is 0 Å². The molecule has 0 aliphatic heterocycles. The van der Waals surface area contributed by atoms with Crippen LogP contribution in [0.25, 0.3) is 6.08 Å². The molecular formula is C15H18FNO3. The molecule has 0 bridgehead atoms. The van der Waals surface area contributed by atoms with Crippen molar-refractivity contribution in [3.05, 3.63) is 41.2 Å². The second-order valence-electron chi connectivity index (χ2n) is 5.18. The molecule has 0 saturated heterocycles. The molecule has 20 heavy (non-hydrogen) atoms. The van der Waals surface area contributed by atoms with Gasteiger partial charge in [0.1, 0.15) is 11.4 Å². The van der Waals surface area contributed by atoms with Gasteiger partial charge < -0.3 is 10.1 Å². The summed E-state index contributed by atoms with van der Waals surface area (Å²) in [6.07, 6.45) is 3.33. The van der Waals surface area contributed by atoms with Crippen molar-refractivity contribution in [2.45, 2.75) is 26.4 Å². The molecule has 4 nitrogen and oxygen atoms in total. The molecule has 0 saturated carbocycles. The number of hydrogen-bond acceptors (Lipinski definition) is 3. The number of carbonyl (C=O) groups is 2. The third kappa shape index (κ3) is 5.65. The van der Waals surface area contributed by atoms with Crippen molar-refractivity contribution in [3.8, 4) is 0 Å². The van der Waals surface area contributed by atoms with Crippen molar-refractivity contribution in [1.29, 1.82) is 0 Å². The van der Waals surface area contributed by atoms with Crippen molar-refractivity contribution in [2.75, 3.05) is 6.54 Å². The highest BCUT2D eigenvalue weighted by molar-refractivity contribution is 5.76. The normalized spacial score (nSPS) is 11.4. The average molecular weight is 279 g/mol. The molecule has 108 valence electrons. The average Bonchev–Trinajstić information content (AvgIpc) is 2.34. The summed E-state index contributed by atoms with van der Waals surface area (Å²) in [5.74, 6) is -0.552. The van der Waals surface area contributed by atoms with E-state index in [0.29, 0.717) is 11.8 Å². The third-order valence-corrected chi connectivity index (χ3v) is 2.22. The number of aldehydes is 1. The predicted octanol–water partition coefficient (Wildman–Crippen LogP) is 3.18. The summed E-state index contributed by atoms with van der Waals surface area (Å²) in [4.78, 5) is 21.9. The first-order valence-electron chi connectivity index (χ1n) is 6.20. The Labute approximate surface area is 117 Å². The van der Waals surface area contributed by atoms with E-state index in [0.717, 1.165) is 0 Å². The van der Waals surface area contributed by atoms with Crippen LogP contribution in [0.1, 0.15) is 36.7 Å². The Morgan fingerprint density at radius 1 is 1.40 bits per heavy atom. The molecule has 0 spiro atoms. The van der Waals surface area contributed by atoms with Crippen LogP contribution >= 0.6 is 0 Å². The standard InChI is InChI=1S/C15H18FNO3/c1-15(2,3)20-14(19)17-8-4-5-11-6-7-13(16)12(9-11)10-18/h4-7,9-10H,8H2,1-3H3,(H,17,19). The van der Waals surface area contributed by atoms with Gasteiger partial charge >= 0.3 is 6.09 Å². The van der Waals surface area contributed by atoms with Crippen LogP contribution in [-0.2, 0) is 4.74 Å². The molecule has 1 rings (SSSR count). The maximum atomic E-state index is 13.1. The molecule has 1 amide bonds. The van der Waals surface area contributed by atoms with E-state index in [2.05, 4.69) is 5.32 Å². The van der Waals surface area contributed by atoms with E-state index in [9.17, 15) is 14.0 Å². The van der Waals surface area contributed by atoms with Crippen LogP contribution in [0.4, 0.5) is 9.18 Å². The number of hydrogen-bond donors (Lipinski definition) is 1. The first-order valence-corrected chi connectivity index (χ1v) is 6.20. The molecule has 0 fully saturated rings. The number of amides is 1. The zero-order valence-corrected chi connectivity index (χ0v) is 11.8. The van der Waals surface area contributed by atoms with Gasteiger partial charge in [0.25, 0.3) is 0 Å². The van der Waals surface area contributed by atoms with Crippen LogP contribution < -0.4 is 5.32 Å². The SMILES string of the molecule is CC(C)(C)OC(=O)NCC=Cc1ccc(F)c(C=O)c1. The molecule has 0 heterocycles. The smallest absolute Gasteiger partial charge is 0.407 e. The maximum Gasteiger partial charge on any atom is 0.407 e. The van der Waals surface area contributed by atoms with Gasteiger partial charge in [-0.3, -0.25) is 4.79 Å². The zero-order valence-electron chi connectivity index (χ0n) is 11.8. The quantitative estimate of drug-likeness (QED) is 0.861. The van der Waals surface area contributed by atoms with Gasteiger partial charge in [-0.2, -0.15) is 0 Å². The number of halogens is 1. The highest BCUT2D eigenvalue weighted by atomic mass is 19.1. The Balaban J connectivity index is 2.49. The van der Waals surface area contributed by atoms with Crippen LogP contribution in [0.5, 0.6) is 0 Å². The summed E-state index contributed by atoms with van der Waals surface area (Å²) in [6, 6.07) is 4.21. The van der Waals surface area contributed by atoms with Gasteiger partial charge in [-0.25, -0.2) is 9.18 Å². The van der Waals surface area contributed by atoms with Gasteiger partial charge in [0.05, 0.1) is 5.56 Å². The minimum Gasteiger partial charge on any atom is -0.444 e. The Morgan fingerprint density at radius 3 is 2.70 bits per heavy atom. The lowest BCUT2D eigenvalue weighted by Crippen LogP contribution is -2.32. The number of alkyl carbamates (subject to hydrolysis) is 1. The van der Waals surface area contributed by atoms with Crippen LogP contribution in [0.15, 0.2) is 24.3 Å². The molecule has 1 N–H and O–H groups in total. The minimum absolute atomic E-state index is 0.00671. The first kappa shape index (κ1) is 15.9. The van der Waals surface area contributed by atoms with Gasteiger partial charge in [0.2, 0.25) is 0 Å². The van der Waals surface area contributed by atoms with Crippen molar-refractivity contribution in [2.24, 2.45) is 0 Å². The van der Waals surface area contributed by atoms with Gasteiger partial charge in [-0.15, -0.1) is 0 Å². The summed E-state index contributed by atoms with van der Waals surface area (Å²) in [5, 5.41) is 2.56. The summed E-state index contributed by atoms with van der Waals surface area (Å²) >= 11 is 0. The second kappa shape index (κ2) is 6.84. The Bertz CT molecular complexity index is 518. The van der Waals surface area contributed by atoms with E-state index in [-0.39, 0.29) is 12.1 Å². The van der Waals surface area contributed by atoms with Crippen molar-refractivity contribution >= 4 is 18.5 Å². The fraction of sp³-hybridized carbons (Fsp3) is 0.333. The van der Waals surface area contributed by atoms with Gasteiger partial charge in [0.15, 0.2) is 6.29 Å². The molecule has 1 aromatic rings. The summed E-state index contributed by atoms with van der Waals surface area (Å²) in [7, 11) is 0. The topological polar surface area (TPSA) is 55.4 Å². The fourth-order valence-electron chi connectivity index (χ4n) is 1.41. The van der Waals surface area contributed by atoms with E-state index in [4.69, 9.17) is 4.74 Å². The largest absolute Gasteiger partial charge is 0.444 e. The lowest BCUT2D eigenvalue weighted by Gasteiger charge is -2.19. The van der Waals surface area contributed by atoms with Gasteiger partial charge in [-0.1, -0.05) is 18.2 Å². The zero-order chi connectivity index (χ0) is 15.2. The van der Waals surface area contributed by atoms with E-state index in [1.54, 1.807) is 39.0 Å². The number of ether oxygens (including phenoxy) is 1. The molecule has 0 aliphatic rings. The monoisotopic (exact) mass is 279 g/mol. The number of carbonyl (C=O) groups excluding carboxylic acids is 2. The minimum atomic E-state index is -0.552. The van der Waals surface area contributed by atoms with E-state index in [1.165, 1.54) is 12.1 Å². The van der Waals surface area contributed by atoms with Crippen LogP contribution in [-0.4, -0.2) is 24.5 Å². The van der Waals surface area contributed by atoms with Crippen molar-refractivity contribution < 1.29 is 18.7 Å². The number of nitrogens with one attached hydrogen (secondary N) is 1. The third-order valence-electron chi connectivity index (χ3n) is 2.22. The summed E-state index contributed by atoms with van der Waals surface area (Å²) in [6.45, 7) is 5.62. The van der Waals surface area contributed by atoms with Gasteiger partial charge in [0, 0.05) is 6.54 Å². The van der Waals surface area contributed by atoms with Crippen molar-refractivity contribution in [1.82, 2.24) is 5.32 Å². The highest BCUT2D eigenvalue weighted by Gasteiger charge is 2.14. The molecule has 0 unspecified atom stereocenters. The lowest BCUT2D eigenvalue weighted by molar-refractivity contribution is 0.0534. The predicted molar refractivity (Wildman–Crippen MR) is 75.1 cm³/mol. The lowest BCUT2D eigenvalue weighted by atomic mass is 10.1. The van der Waals surface area contributed by atoms with E-state index >= 15 is 0 Å². The highest BCUT2D eigenvalue weighted by Crippen LogP contribution is 2.10. The first-order chi connectivity index (χ1) is 9.31. The fourth-order valence-corrected chi connectivity index (χ4v) is 1.41. The van der Waals surface area contributed by atoms with Gasteiger partial charge in [-0.05, 0) is 38.5 Å². The van der Waals surface area contributed by atoms with Crippen LogP contribution in [0.2, 0.25) is 0 Å². The Morgan fingerprint density at radius 2 is 2.10 bits per heavy atom. The molecule has 0 aromatic heterocycles. The summed E-state index contributed by atoms with van der Waals surface area (Å²) < 4.78 is 18.2. The summed E-state index contributed by atoms with van der Waals surface area (Å²) in [5.41, 5.74) is 0.149. The van der Waals surface area contributed by atoms with Crippen molar-refractivity contribution in [3.63, 3.8) is 0 Å². The Kier molecular flexibility index (Phi) is 5.43. The van der Waals surface area contributed by atoms with E-state index < -0.39 is 17.5 Å². The second-order valence-corrected chi connectivity index (χ2v) is 5.18. The van der Waals surface area contributed by atoms with Crippen LogP contribution in [0, 0.1) is 5.82 Å². The molecule has 0 radical (unpaired) electrons. The molecule has 5 heteroatoms. The molecule has 1 aromatic carbocycles. The van der Waals surface area contributed by atoms with Crippen LogP contribution in [0.3, 0.4) is 0 Å². The number of rotatable bonds is 4.